The molecule has 0 fully saturated rings. The minimum absolute atomic E-state index is 0.259. The molecule has 3 rings (SSSR count). The van der Waals surface area contributed by atoms with Gasteiger partial charge in [0.2, 0.25) is 5.89 Å². The zero-order chi connectivity index (χ0) is 16.2. The maximum atomic E-state index is 12.5. The van der Waals surface area contributed by atoms with Crippen LogP contribution in [-0.2, 0) is 0 Å². The smallest absolute Gasteiger partial charge is 0.278 e. The quantitative estimate of drug-likeness (QED) is 0.793. The SMILES string of the molecule is COc1ccccc1NC(=O)c1nc(-c2ccccc2)oc1C. The zero-order valence-electron chi connectivity index (χ0n) is 12.9. The fraction of sp³-hybridized carbons (Fsp3) is 0.111. The number of para-hydroxylation sites is 2. The van der Waals surface area contributed by atoms with Crippen LogP contribution in [0, 0.1) is 6.92 Å². The van der Waals surface area contributed by atoms with Crippen molar-refractivity contribution in [2.75, 3.05) is 12.4 Å². The van der Waals surface area contributed by atoms with Crippen molar-refractivity contribution in [2.24, 2.45) is 0 Å². The molecule has 0 aliphatic rings. The highest BCUT2D eigenvalue weighted by molar-refractivity contribution is 6.04. The van der Waals surface area contributed by atoms with Gasteiger partial charge in [0.1, 0.15) is 11.5 Å². The van der Waals surface area contributed by atoms with Gasteiger partial charge in [-0.3, -0.25) is 4.79 Å². The summed E-state index contributed by atoms with van der Waals surface area (Å²) in [6, 6.07) is 16.7. The topological polar surface area (TPSA) is 64.4 Å². The number of benzene rings is 2. The van der Waals surface area contributed by atoms with Gasteiger partial charge in [-0.2, -0.15) is 0 Å². The van der Waals surface area contributed by atoms with Gasteiger partial charge in [0.25, 0.3) is 5.91 Å². The maximum Gasteiger partial charge on any atom is 0.278 e. The Hall–Kier alpha value is -3.08. The van der Waals surface area contributed by atoms with Crippen LogP contribution in [0.4, 0.5) is 5.69 Å². The summed E-state index contributed by atoms with van der Waals surface area (Å²) in [7, 11) is 1.56. The highest BCUT2D eigenvalue weighted by Crippen LogP contribution is 2.25. The van der Waals surface area contributed by atoms with Gasteiger partial charge in [0.05, 0.1) is 12.8 Å². The van der Waals surface area contributed by atoms with Crippen molar-refractivity contribution < 1.29 is 13.9 Å². The highest BCUT2D eigenvalue weighted by Gasteiger charge is 2.19. The molecule has 5 heteroatoms. The molecule has 0 saturated heterocycles. The van der Waals surface area contributed by atoms with Crippen LogP contribution >= 0.6 is 0 Å². The van der Waals surface area contributed by atoms with E-state index in [1.165, 1.54) is 0 Å². The van der Waals surface area contributed by atoms with Crippen molar-refractivity contribution in [3.63, 3.8) is 0 Å². The predicted molar refractivity (Wildman–Crippen MR) is 87.6 cm³/mol. The molecule has 3 aromatic rings. The Bertz CT molecular complexity index is 825. The third-order valence-electron chi connectivity index (χ3n) is 3.39. The van der Waals surface area contributed by atoms with Gasteiger partial charge in [-0.25, -0.2) is 4.98 Å². The second kappa shape index (κ2) is 6.36. The number of nitrogens with zero attached hydrogens (tertiary/aromatic N) is 1. The predicted octanol–water partition coefficient (Wildman–Crippen LogP) is 3.91. The van der Waals surface area contributed by atoms with E-state index in [1.807, 2.05) is 42.5 Å². The van der Waals surface area contributed by atoms with Crippen LogP contribution in [0.15, 0.2) is 59.0 Å². The molecule has 0 bridgehead atoms. The van der Waals surface area contributed by atoms with Crippen molar-refractivity contribution >= 4 is 11.6 Å². The molecular formula is C18H16N2O3. The first-order valence-corrected chi connectivity index (χ1v) is 7.16. The number of carbonyl (C=O) groups excluding carboxylic acids is 1. The first kappa shape index (κ1) is 14.8. The number of amides is 1. The van der Waals surface area contributed by atoms with E-state index in [9.17, 15) is 4.79 Å². The van der Waals surface area contributed by atoms with E-state index in [-0.39, 0.29) is 11.6 Å². The summed E-state index contributed by atoms with van der Waals surface area (Å²) >= 11 is 0. The zero-order valence-corrected chi connectivity index (χ0v) is 12.9. The normalized spacial score (nSPS) is 10.3. The molecule has 0 saturated carbocycles. The van der Waals surface area contributed by atoms with Gasteiger partial charge in [-0.15, -0.1) is 0 Å². The number of aromatic nitrogens is 1. The molecule has 5 nitrogen and oxygen atoms in total. The summed E-state index contributed by atoms with van der Waals surface area (Å²) < 4.78 is 10.8. The number of aryl methyl sites for hydroxylation is 1. The Morgan fingerprint density at radius 2 is 1.78 bits per heavy atom. The van der Waals surface area contributed by atoms with E-state index < -0.39 is 0 Å². The second-order valence-electron chi connectivity index (χ2n) is 4.94. The minimum Gasteiger partial charge on any atom is -0.495 e. The van der Waals surface area contributed by atoms with Crippen LogP contribution in [0.1, 0.15) is 16.2 Å². The summed E-state index contributed by atoms with van der Waals surface area (Å²) in [5, 5.41) is 2.80. The lowest BCUT2D eigenvalue weighted by Crippen LogP contribution is -2.14. The van der Waals surface area contributed by atoms with E-state index in [2.05, 4.69) is 10.3 Å². The Morgan fingerprint density at radius 3 is 2.52 bits per heavy atom. The van der Waals surface area contributed by atoms with Gasteiger partial charge in [-0.1, -0.05) is 30.3 Å². The lowest BCUT2D eigenvalue weighted by molar-refractivity contribution is 0.102. The van der Waals surface area contributed by atoms with Gasteiger partial charge in [0, 0.05) is 5.56 Å². The molecule has 0 spiro atoms. The lowest BCUT2D eigenvalue weighted by atomic mass is 10.2. The molecule has 0 radical (unpaired) electrons. The number of ether oxygens (including phenoxy) is 1. The molecule has 116 valence electrons. The molecule has 0 aliphatic carbocycles. The molecular weight excluding hydrogens is 292 g/mol. The maximum absolute atomic E-state index is 12.5. The van der Waals surface area contributed by atoms with Crippen molar-refractivity contribution in [3.05, 3.63) is 66.1 Å². The van der Waals surface area contributed by atoms with Crippen LogP contribution in [0.2, 0.25) is 0 Å². The van der Waals surface area contributed by atoms with E-state index in [0.29, 0.717) is 23.1 Å². The van der Waals surface area contributed by atoms with Crippen LogP contribution in [0.3, 0.4) is 0 Å². The Balaban J connectivity index is 1.87. The van der Waals surface area contributed by atoms with Crippen LogP contribution in [0.25, 0.3) is 11.5 Å². The number of rotatable bonds is 4. The first-order chi connectivity index (χ1) is 11.2. The van der Waals surface area contributed by atoms with E-state index in [4.69, 9.17) is 9.15 Å². The third-order valence-corrected chi connectivity index (χ3v) is 3.39. The number of hydrogen-bond donors (Lipinski definition) is 1. The third kappa shape index (κ3) is 3.08. The van der Waals surface area contributed by atoms with E-state index in [1.54, 1.807) is 26.2 Å². The van der Waals surface area contributed by atoms with E-state index in [0.717, 1.165) is 5.56 Å². The van der Waals surface area contributed by atoms with Gasteiger partial charge >= 0.3 is 0 Å². The molecule has 0 aliphatic heterocycles. The number of hydrogen-bond acceptors (Lipinski definition) is 4. The fourth-order valence-electron chi connectivity index (χ4n) is 2.24. The molecule has 2 aromatic carbocycles. The van der Waals surface area contributed by atoms with Crippen molar-refractivity contribution in [1.82, 2.24) is 4.98 Å². The molecule has 1 amide bonds. The lowest BCUT2D eigenvalue weighted by Gasteiger charge is -2.08. The van der Waals surface area contributed by atoms with Gasteiger partial charge < -0.3 is 14.5 Å². The minimum atomic E-state index is -0.335. The molecule has 1 aromatic heterocycles. The molecule has 0 unspecified atom stereocenters. The van der Waals surface area contributed by atoms with Crippen LogP contribution in [-0.4, -0.2) is 18.0 Å². The average molecular weight is 308 g/mol. The highest BCUT2D eigenvalue weighted by atomic mass is 16.5. The van der Waals surface area contributed by atoms with E-state index >= 15 is 0 Å². The first-order valence-electron chi connectivity index (χ1n) is 7.16. The number of anilines is 1. The van der Waals surface area contributed by atoms with Crippen molar-refractivity contribution in [1.29, 1.82) is 0 Å². The summed E-state index contributed by atoms with van der Waals surface area (Å²) in [6.07, 6.45) is 0. The molecule has 23 heavy (non-hydrogen) atoms. The second-order valence-corrected chi connectivity index (χ2v) is 4.94. The monoisotopic (exact) mass is 308 g/mol. The van der Waals surface area contributed by atoms with Crippen LogP contribution < -0.4 is 10.1 Å². The number of methoxy groups -OCH3 is 1. The number of nitrogens with one attached hydrogen (secondary N) is 1. The number of oxazole rings is 1. The summed E-state index contributed by atoms with van der Waals surface area (Å²) in [4.78, 5) is 16.8. The summed E-state index contributed by atoms with van der Waals surface area (Å²) in [6.45, 7) is 1.72. The van der Waals surface area contributed by atoms with Crippen molar-refractivity contribution in [2.45, 2.75) is 6.92 Å². The largest absolute Gasteiger partial charge is 0.495 e. The van der Waals surface area contributed by atoms with Gasteiger partial charge in [0.15, 0.2) is 5.69 Å². The van der Waals surface area contributed by atoms with Crippen molar-refractivity contribution in [3.8, 4) is 17.2 Å². The Labute approximate surface area is 133 Å². The average Bonchev–Trinajstić information content (AvgIpc) is 2.98. The standard InChI is InChI=1S/C18H16N2O3/c1-12-16(20-18(23-12)13-8-4-3-5-9-13)17(21)19-14-10-6-7-11-15(14)22-2/h3-11H,1-2H3,(H,19,21). The molecule has 0 atom stereocenters. The van der Waals surface area contributed by atoms with Crippen LogP contribution in [0.5, 0.6) is 5.75 Å². The fourth-order valence-corrected chi connectivity index (χ4v) is 2.24. The Morgan fingerprint density at radius 1 is 1.09 bits per heavy atom. The Kier molecular flexibility index (Phi) is 4.10. The molecule has 1 N–H and O–H groups in total. The summed E-state index contributed by atoms with van der Waals surface area (Å²) in [5.74, 6) is 1.15. The summed E-state index contributed by atoms with van der Waals surface area (Å²) in [5.41, 5.74) is 1.67. The van der Waals surface area contributed by atoms with Gasteiger partial charge in [-0.05, 0) is 31.2 Å². The number of carbonyl (C=O) groups is 1. The molecule has 1 heterocycles.